The summed E-state index contributed by atoms with van der Waals surface area (Å²) in [6.07, 6.45) is 1.56. The second kappa shape index (κ2) is 5.99. The molecule has 116 valence electrons. The predicted octanol–water partition coefficient (Wildman–Crippen LogP) is 4.24. The summed E-state index contributed by atoms with van der Waals surface area (Å²) in [7, 11) is 0. The van der Waals surface area contributed by atoms with E-state index in [0.717, 1.165) is 14.8 Å². The number of amides is 1. The molecule has 1 heterocycles. The third-order valence-corrected chi connectivity index (χ3v) is 4.23. The number of aromatic nitrogens is 1. The first-order chi connectivity index (χ1) is 11.0. The fourth-order valence-electron chi connectivity index (χ4n) is 2.37. The monoisotopic (exact) mass is 421 g/mol. The van der Waals surface area contributed by atoms with Gasteiger partial charge in [-0.25, -0.2) is 0 Å². The Balaban J connectivity index is 1.97. The Morgan fingerprint density at radius 3 is 2.74 bits per heavy atom. The molecule has 0 aliphatic carbocycles. The van der Waals surface area contributed by atoms with Crippen molar-refractivity contribution in [2.24, 2.45) is 0 Å². The number of carbonyl (C=O) groups excluding carboxylic acids is 1. The first-order valence-corrected chi connectivity index (χ1v) is 7.86. The Morgan fingerprint density at radius 1 is 1.26 bits per heavy atom. The number of non-ortho nitro benzene ring substituents is 1. The van der Waals surface area contributed by atoms with Crippen LogP contribution in [0.15, 0.2) is 42.6 Å². The van der Waals surface area contributed by atoms with Crippen molar-refractivity contribution in [3.05, 3.63) is 67.4 Å². The molecule has 0 atom stereocenters. The van der Waals surface area contributed by atoms with E-state index in [4.69, 9.17) is 0 Å². The molecule has 23 heavy (non-hydrogen) atoms. The second-order valence-electron chi connectivity index (χ2n) is 5.10. The third-order valence-electron chi connectivity index (χ3n) is 3.56. The number of nitro groups is 1. The standard InChI is InChI=1S/C16H12IN3O3/c1-9-6-10(17)2-4-14(9)19-16(21)13-8-18-15-5-3-11(20(22)23)7-12(13)15/h2-8,18H,1H3,(H,19,21). The highest BCUT2D eigenvalue weighted by molar-refractivity contribution is 14.1. The zero-order valence-electron chi connectivity index (χ0n) is 12.1. The van der Waals surface area contributed by atoms with Gasteiger partial charge in [0.05, 0.1) is 10.5 Å². The van der Waals surface area contributed by atoms with E-state index in [1.54, 1.807) is 12.3 Å². The highest BCUT2D eigenvalue weighted by Crippen LogP contribution is 2.25. The topological polar surface area (TPSA) is 88.0 Å². The summed E-state index contributed by atoms with van der Waals surface area (Å²) < 4.78 is 1.08. The number of hydrogen-bond acceptors (Lipinski definition) is 3. The van der Waals surface area contributed by atoms with Gasteiger partial charge in [-0.1, -0.05) is 0 Å². The Kier molecular flexibility index (Phi) is 4.03. The molecule has 1 aromatic heterocycles. The maximum Gasteiger partial charge on any atom is 0.270 e. The molecule has 1 amide bonds. The zero-order valence-corrected chi connectivity index (χ0v) is 14.2. The van der Waals surface area contributed by atoms with Crippen LogP contribution in [0.2, 0.25) is 0 Å². The van der Waals surface area contributed by atoms with Crippen molar-refractivity contribution in [1.82, 2.24) is 4.98 Å². The summed E-state index contributed by atoms with van der Waals surface area (Å²) >= 11 is 2.21. The lowest BCUT2D eigenvalue weighted by molar-refractivity contribution is -0.384. The summed E-state index contributed by atoms with van der Waals surface area (Å²) in [5, 5.41) is 14.3. The molecule has 0 fully saturated rings. The maximum absolute atomic E-state index is 12.5. The molecule has 2 N–H and O–H groups in total. The number of nitrogens with zero attached hydrogens (tertiary/aromatic N) is 1. The van der Waals surface area contributed by atoms with Crippen LogP contribution in [-0.2, 0) is 0 Å². The van der Waals surface area contributed by atoms with E-state index in [-0.39, 0.29) is 11.6 Å². The number of H-pyrrole nitrogens is 1. The number of halogens is 1. The normalized spacial score (nSPS) is 10.7. The third kappa shape index (κ3) is 3.04. The van der Waals surface area contributed by atoms with Crippen LogP contribution in [0.4, 0.5) is 11.4 Å². The van der Waals surface area contributed by atoms with E-state index in [0.29, 0.717) is 16.5 Å². The Hall–Kier alpha value is -2.42. The van der Waals surface area contributed by atoms with Gasteiger partial charge >= 0.3 is 0 Å². The SMILES string of the molecule is Cc1cc(I)ccc1NC(=O)c1c[nH]c2ccc([N+](=O)[O-])cc12. The highest BCUT2D eigenvalue weighted by Gasteiger charge is 2.16. The Labute approximate surface area is 145 Å². The lowest BCUT2D eigenvalue weighted by Gasteiger charge is -2.08. The maximum atomic E-state index is 12.5. The number of nitrogens with one attached hydrogen (secondary N) is 2. The van der Waals surface area contributed by atoms with E-state index in [1.165, 1.54) is 12.1 Å². The lowest BCUT2D eigenvalue weighted by atomic mass is 10.1. The molecule has 0 aliphatic rings. The minimum absolute atomic E-state index is 0.0448. The van der Waals surface area contributed by atoms with Crippen molar-refractivity contribution in [2.45, 2.75) is 6.92 Å². The fraction of sp³-hybridized carbons (Fsp3) is 0.0625. The van der Waals surface area contributed by atoms with Crippen LogP contribution in [0.25, 0.3) is 10.9 Å². The van der Waals surface area contributed by atoms with Crippen molar-refractivity contribution in [3.63, 3.8) is 0 Å². The van der Waals surface area contributed by atoms with Gasteiger partial charge in [-0.15, -0.1) is 0 Å². The quantitative estimate of drug-likeness (QED) is 0.377. The number of hydrogen-bond donors (Lipinski definition) is 2. The average Bonchev–Trinajstić information content (AvgIpc) is 2.93. The molecule has 0 bridgehead atoms. The van der Waals surface area contributed by atoms with Gasteiger partial charge in [0.2, 0.25) is 0 Å². The number of carbonyl (C=O) groups is 1. The van der Waals surface area contributed by atoms with Gasteiger partial charge in [-0.2, -0.15) is 0 Å². The van der Waals surface area contributed by atoms with Crippen LogP contribution in [0.1, 0.15) is 15.9 Å². The zero-order chi connectivity index (χ0) is 16.6. The fourth-order valence-corrected chi connectivity index (χ4v) is 3.01. The van der Waals surface area contributed by atoms with E-state index in [2.05, 4.69) is 32.9 Å². The molecule has 3 aromatic rings. The molecular formula is C16H12IN3O3. The minimum Gasteiger partial charge on any atom is -0.360 e. The Bertz CT molecular complexity index is 933. The van der Waals surface area contributed by atoms with Gasteiger partial charge in [-0.3, -0.25) is 14.9 Å². The minimum atomic E-state index is -0.475. The van der Waals surface area contributed by atoms with Gasteiger partial charge in [-0.05, 0) is 59.3 Å². The predicted molar refractivity (Wildman–Crippen MR) is 96.8 cm³/mol. The summed E-state index contributed by atoms with van der Waals surface area (Å²) in [6.45, 7) is 1.91. The number of anilines is 1. The van der Waals surface area contributed by atoms with Crippen LogP contribution in [0.5, 0.6) is 0 Å². The van der Waals surface area contributed by atoms with Crippen molar-refractivity contribution in [1.29, 1.82) is 0 Å². The summed E-state index contributed by atoms with van der Waals surface area (Å²) in [5.41, 5.74) is 2.68. The highest BCUT2D eigenvalue weighted by atomic mass is 127. The first-order valence-electron chi connectivity index (χ1n) is 6.79. The van der Waals surface area contributed by atoms with E-state index in [9.17, 15) is 14.9 Å². The van der Waals surface area contributed by atoms with Crippen LogP contribution in [0, 0.1) is 20.6 Å². The smallest absolute Gasteiger partial charge is 0.270 e. The van der Waals surface area contributed by atoms with Gasteiger partial charge in [0.25, 0.3) is 11.6 Å². The van der Waals surface area contributed by atoms with Gasteiger partial charge in [0.15, 0.2) is 0 Å². The summed E-state index contributed by atoms with van der Waals surface area (Å²) in [5.74, 6) is -0.305. The van der Waals surface area contributed by atoms with Crippen LogP contribution < -0.4 is 5.32 Å². The number of aromatic amines is 1. The number of nitro benzene ring substituents is 1. The lowest BCUT2D eigenvalue weighted by Crippen LogP contribution is -2.12. The number of benzene rings is 2. The molecule has 0 unspecified atom stereocenters. The summed E-state index contributed by atoms with van der Waals surface area (Å²) in [6, 6.07) is 10.1. The number of rotatable bonds is 3. The van der Waals surface area contributed by atoms with Gasteiger partial charge in [0, 0.05) is 38.5 Å². The molecule has 7 heteroatoms. The molecular weight excluding hydrogens is 409 g/mol. The first kappa shape index (κ1) is 15.5. The van der Waals surface area contributed by atoms with Crippen molar-refractivity contribution < 1.29 is 9.72 Å². The van der Waals surface area contributed by atoms with Crippen molar-refractivity contribution >= 4 is 50.8 Å². The van der Waals surface area contributed by atoms with Crippen LogP contribution in [0.3, 0.4) is 0 Å². The van der Waals surface area contributed by atoms with Gasteiger partial charge < -0.3 is 10.3 Å². The molecule has 0 saturated heterocycles. The molecule has 3 rings (SSSR count). The summed E-state index contributed by atoms with van der Waals surface area (Å²) in [4.78, 5) is 25.9. The van der Waals surface area contributed by atoms with Crippen molar-refractivity contribution in [3.8, 4) is 0 Å². The van der Waals surface area contributed by atoms with E-state index < -0.39 is 4.92 Å². The molecule has 0 saturated carbocycles. The number of fused-ring (bicyclic) bond motifs is 1. The van der Waals surface area contributed by atoms with Crippen LogP contribution in [-0.4, -0.2) is 15.8 Å². The van der Waals surface area contributed by atoms with E-state index in [1.807, 2.05) is 25.1 Å². The molecule has 2 aromatic carbocycles. The van der Waals surface area contributed by atoms with Gasteiger partial charge in [0.1, 0.15) is 0 Å². The molecule has 0 aliphatic heterocycles. The average molecular weight is 421 g/mol. The van der Waals surface area contributed by atoms with Crippen LogP contribution >= 0.6 is 22.6 Å². The molecule has 0 radical (unpaired) electrons. The molecule has 6 nitrogen and oxygen atoms in total. The second-order valence-corrected chi connectivity index (χ2v) is 6.35. The van der Waals surface area contributed by atoms with E-state index >= 15 is 0 Å². The Morgan fingerprint density at radius 2 is 2.04 bits per heavy atom. The number of aryl methyl sites for hydroxylation is 1. The molecule has 0 spiro atoms. The largest absolute Gasteiger partial charge is 0.360 e. The van der Waals surface area contributed by atoms with Crippen molar-refractivity contribution in [2.75, 3.05) is 5.32 Å².